The van der Waals surface area contributed by atoms with Gasteiger partial charge in [0.15, 0.2) is 23.4 Å². The van der Waals surface area contributed by atoms with Crippen LogP contribution in [0.15, 0.2) is 42.5 Å². The molecule has 6 nitrogen and oxygen atoms in total. The predicted octanol–water partition coefficient (Wildman–Crippen LogP) is 2.96. The average Bonchev–Trinajstić information content (AvgIpc) is 3.57. The maximum absolute atomic E-state index is 13.6. The van der Waals surface area contributed by atoms with Gasteiger partial charge in [-0.15, -0.1) is 0 Å². The molecular weight excluding hydrogens is 416 g/mol. The molecule has 0 unspecified atom stereocenters. The monoisotopic (exact) mass is 444 g/mol. The fraction of sp³-hybridized carbons (Fsp3) is 0.481. The molecule has 33 heavy (non-hydrogen) atoms. The molecule has 1 spiro atoms. The van der Waals surface area contributed by atoms with Crippen molar-refractivity contribution < 1.29 is 19.4 Å². The van der Waals surface area contributed by atoms with Crippen LogP contribution in [0.1, 0.15) is 53.6 Å². The Kier molecular flexibility index (Phi) is 3.92. The van der Waals surface area contributed by atoms with Gasteiger partial charge in [-0.1, -0.05) is 24.3 Å². The first-order valence-electron chi connectivity index (χ1n) is 12.2. The molecule has 2 N–H and O–H groups in total. The van der Waals surface area contributed by atoms with Crippen LogP contribution >= 0.6 is 0 Å². The van der Waals surface area contributed by atoms with Gasteiger partial charge in [0.1, 0.15) is 0 Å². The highest BCUT2D eigenvalue weighted by atomic mass is 16.5. The molecular formula is C27H28N2O4. The number of carbonyl (C=O) groups excluding carboxylic acids is 2. The minimum atomic E-state index is -0.657. The Labute approximate surface area is 192 Å². The molecule has 4 atom stereocenters. The Morgan fingerprint density at radius 2 is 1.97 bits per heavy atom. The number of aromatic hydroxyl groups is 1. The summed E-state index contributed by atoms with van der Waals surface area (Å²) in [5.41, 5.74) is 1.49. The van der Waals surface area contributed by atoms with Gasteiger partial charge in [-0.25, -0.2) is 0 Å². The summed E-state index contributed by atoms with van der Waals surface area (Å²) in [6.45, 7) is 1.93. The van der Waals surface area contributed by atoms with E-state index in [-0.39, 0.29) is 23.5 Å². The fourth-order valence-electron chi connectivity index (χ4n) is 7.43. The number of nitrogens with one attached hydrogen (secondary N) is 1. The van der Waals surface area contributed by atoms with E-state index in [1.807, 2.05) is 36.4 Å². The first-order valence-corrected chi connectivity index (χ1v) is 12.2. The molecule has 2 bridgehead atoms. The number of Topliss-reactive ketones (excluding diaryl/α,β-unsaturated/α-hetero) is 1. The molecule has 1 amide bonds. The lowest BCUT2D eigenvalue weighted by atomic mass is 9.47. The average molecular weight is 445 g/mol. The molecule has 2 aliphatic heterocycles. The van der Waals surface area contributed by atoms with Gasteiger partial charge in [-0.3, -0.25) is 14.5 Å². The molecule has 0 aromatic heterocycles. The van der Waals surface area contributed by atoms with Gasteiger partial charge in [0.25, 0.3) is 5.91 Å². The van der Waals surface area contributed by atoms with Crippen molar-refractivity contribution in [3.05, 3.63) is 59.2 Å². The molecule has 3 fully saturated rings. The van der Waals surface area contributed by atoms with E-state index < -0.39 is 17.1 Å². The maximum atomic E-state index is 13.6. The second kappa shape index (κ2) is 6.60. The third-order valence-corrected chi connectivity index (χ3v) is 8.99. The second-order valence-corrected chi connectivity index (χ2v) is 10.6. The number of piperidine rings is 1. The van der Waals surface area contributed by atoms with E-state index in [0.29, 0.717) is 24.2 Å². The lowest BCUT2D eigenvalue weighted by Crippen LogP contribution is -2.81. The summed E-state index contributed by atoms with van der Waals surface area (Å²) >= 11 is 0. The van der Waals surface area contributed by atoms with Gasteiger partial charge in [-0.2, -0.15) is 0 Å². The van der Waals surface area contributed by atoms with Crippen LogP contribution in [0.25, 0.3) is 0 Å². The molecule has 7 rings (SSSR count). The summed E-state index contributed by atoms with van der Waals surface area (Å²) < 4.78 is 6.29. The Balaban J connectivity index is 1.43. The number of hydrogen-bond acceptors (Lipinski definition) is 5. The quantitative estimate of drug-likeness (QED) is 0.758. The van der Waals surface area contributed by atoms with Crippen LogP contribution in [0.4, 0.5) is 0 Å². The predicted molar refractivity (Wildman–Crippen MR) is 121 cm³/mol. The maximum Gasteiger partial charge on any atom is 0.251 e. The zero-order valence-electron chi connectivity index (χ0n) is 18.5. The third-order valence-electron chi connectivity index (χ3n) is 8.99. The van der Waals surface area contributed by atoms with E-state index in [2.05, 4.69) is 10.2 Å². The molecule has 3 aliphatic carbocycles. The van der Waals surface area contributed by atoms with E-state index >= 15 is 0 Å². The minimum absolute atomic E-state index is 0.0810. The molecule has 2 saturated carbocycles. The van der Waals surface area contributed by atoms with Gasteiger partial charge in [0, 0.05) is 30.1 Å². The van der Waals surface area contributed by atoms with Crippen LogP contribution in [0, 0.1) is 5.92 Å². The highest BCUT2D eigenvalue weighted by Crippen LogP contribution is 2.65. The topological polar surface area (TPSA) is 78.9 Å². The number of phenols is 1. The third kappa shape index (κ3) is 2.47. The summed E-state index contributed by atoms with van der Waals surface area (Å²) in [6, 6.07) is 13.1. The van der Waals surface area contributed by atoms with Crippen LogP contribution in [0.2, 0.25) is 0 Å². The zero-order valence-corrected chi connectivity index (χ0v) is 18.5. The number of carbonyl (C=O) groups is 2. The number of rotatable bonds is 4. The number of benzene rings is 2. The number of likely N-dealkylation sites (tertiary alicyclic amines) is 1. The smallest absolute Gasteiger partial charge is 0.251 e. The first kappa shape index (κ1) is 19.6. The Hall–Kier alpha value is -2.86. The van der Waals surface area contributed by atoms with Crippen molar-refractivity contribution in [1.82, 2.24) is 10.2 Å². The Bertz CT molecular complexity index is 1180. The van der Waals surface area contributed by atoms with Crippen LogP contribution < -0.4 is 10.1 Å². The summed E-state index contributed by atoms with van der Waals surface area (Å²) in [7, 11) is 0. The van der Waals surface area contributed by atoms with E-state index in [4.69, 9.17) is 4.74 Å². The lowest BCUT2D eigenvalue weighted by Gasteiger charge is -2.65. The number of phenolic OH excluding ortho intramolecular Hbond substituents is 1. The van der Waals surface area contributed by atoms with E-state index in [9.17, 15) is 14.7 Å². The van der Waals surface area contributed by atoms with Crippen molar-refractivity contribution in [2.24, 2.45) is 5.92 Å². The number of ketones is 1. The molecule has 2 heterocycles. The van der Waals surface area contributed by atoms with Crippen LogP contribution in [-0.2, 0) is 16.6 Å². The van der Waals surface area contributed by atoms with Crippen molar-refractivity contribution in [2.75, 3.05) is 13.1 Å². The zero-order chi connectivity index (χ0) is 22.4. The fourth-order valence-corrected chi connectivity index (χ4v) is 7.43. The van der Waals surface area contributed by atoms with Crippen molar-refractivity contribution in [3.63, 3.8) is 0 Å². The van der Waals surface area contributed by atoms with Crippen LogP contribution in [-0.4, -0.2) is 52.5 Å². The van der Waals surface area contributed by atoms with Crippen LogP contribution in [0.5, 0.6) is 11.5 Å². The van der Waals surface area contributed by atoms with Gasteiger partial charge in [-0.05, 0) is 68.3 Å². The second-order valence-electron chi connectivity index (χ2n) is 10.6. The van der Waals surface area contributed by atoms with E-state index in [1.165, 1.54) is 12.8 Å². The SMILES string of the molecule is O=C(N[C@@]12CCC(=O)[C@H]3Oc4c(O)ccc5c4[C@@]31CCN(CC1CC1)[C@@H]2C5)c1ccccc1. The summed E-state index contributed by atoms with van der Waals surface area (Å²) in [5.74, 6) is 1.27. The van der Waals surface area contributed by atoms with Gasteiger partial charge in [0.05, 0.1) is 11.0 Å². The summed E-state index contributed by atoms with van der Waals surface area (Å²) in [6.07, 6.45) is 4.40. The van der Waals surface area contributed by atoms with E-state index in [1.54, 1.807) is 6.07 Å². The molecule has 5 aliphatic rings. The van der Waals surface area contributed by atoms with Crippen LogP contribution in [0.3, 0.4) is 0 Å². The van der Waals surface area contributed by atoms with Crippen molar-refractivity contribution >= 4 is 11.7 Å². The highest BCUT2D eigenvalue weighted by Gasteiger charge is 2.74. The number of hydrogen-bond donors (Lipinski definition) is 2. The Morgan fingerprint density at radius 1 is 1.15 bits per heavy atom. The molecule has 0 radical (unpaired) electrons. The van der Waals surface area contributed by atoms with Gasteiger partial charge < -0.3 is 15.2 Å². The lowest BCUT2D eigenvalue weighted by molar-refractivity contribution is -0.143. The van der Waals surface area contributed by atoms with Gasteiger partial charge in [0.2, 0.25) is 0 Å². The molecule has 170 valence electrons. The summed E-state index contributed by atoms with van der Waals surface area (Å²) in [4.78, 5) is 29.5. The highest BCUT2D eigenvalue weighted by molar-refractivity contribution is 5.96. The number of ether oxygens (including phenoxy) is 1. The molecule has 6 heteroatoms. The van der Waals surface area contributed by atoms with E-state index in [0.717, 1.165) is 43.0 Å². The number of amides is 1. The molecule has 1 saturated heterocycles. The standard InChI is InChI=1S/C27H28N2O4/c30-19-9-8-18-14-21-27(28-25(32)17-4-2-1-3-5-17)11-10-20(31)24-26(27,22(18)23(19)33-24)12-13-29(21)15-16-6-7-16/h1-5,8-9,16,21,24,30H,6-7,10-15H2,(H,28,32)/t21-,24-,26+,27-/m1/s1. The summed E-state index contributed by atoms with van der Waals surface area (Å²) in [5, 5.41) is 14.2. The first-order chi connectivity index (χ1) is 16.0. The van der Waals surface area contributed by atoms with Crippen molar-refractivity contribution in [3.8, 4) is 11.5 Å². The molecule has 2 aromatic rings. The molecule has 2 aromatic carbocycles. The normalized spacial score (nSPS) is 33.9. The largest absolute Gasteiger partial charge is 0.504 e. The minimum Gasteiger partial charge on any atom is -0.504 e. The van der Waals surface area contributed by atoms with Gasteiger partial charge >= 0.3 is 0 Å². The van der Waals surface area contributed by atoms with Crippen molar-refractivity contribution in [1.29, 1.82) is 0 Å². The number of nitrogens with zero attached hydrogens (tertiary/aromatic N) is 1. The Morgan fingerprint density at radius 3 is 2.76 bits per heavy atom. The van der Waals surface area contributed by atoms with Crippen molar-refractivity contribution in [2.45, 2.75) is 61.6 Å².